The van der Waals surface area contributed by atoms with Gasteiger partial charge >= 0.3 is 0 Å². The third-order valence-electron chi connectivity index (χ3n) is 3.05. The second-order valence-corrected chi connectivity index (χ2v) is 4.11. The van der Waals surface area contributed by atoms with E-state index in [1.54, 1.807) is 21.3 Å². The average Bonchev–Trinajstić information content (AvgIpc) is 2.48. The Morgan fingerprint density at radius 1 is 0.789 bits per heavy atom. The third-order valence-corrected chi connectivity index (χ3v) is 3.05. The number of hydrogen-bond acceptors (Lipinski definition) is 3. The van der Waals surface area contributed by atoms with E-state index in [0.29, 0.717) is 11.5 Å². The largest absolute Gasteiger partial charge is 0.493 e. The summed E-state index contributed by atoms with van der Waals surface area (Å²) in [5.41, 5.74) is 2.03. The molecule has 0 saturated carbocycles. The van der Waals surface area contributed by atoms with Gasteiger partial charge in [-0.25, -0.2) is 0 Å². The van der Waals surface area contributed by atoms with Crippen LogP contribution in [0.3, 0.4) is 0 Å². The van der Waals surface area contributed by atoms with Crippen molar-refractivity contribution in [3.63, 3.8) is 0 Å². The molecule has 2 aromatic carbocycles. The van der Waals surface area contributed by atoms with Gasteiger partial charge in [-0.05, 0) is 11.6 Å². The van der Waals surface area contributed by atoms with E-state index in [2.05, 4.69) is 0 Å². The zero-order valence-electron chi connectivity index (χ0n) is 11.4. The summed E-state index contributed by atoms with van der Waals surface area (Å²) in [6.07, 6.45) is -0.175. The fourth-order valence-corrected chi connectivity index (χ4v) is 2.19. The van der Waals surface area contributed by atoms with E-state index in [-0.39, 0.29) is 6.10 Å². The zero-order chi connectivity index (χ0) is 13.7. The molecule has 0 saturated heterocycles. The van der Waals surface area contributed by atoms with Gasteiger partial charge in [0.25, 0.3) is 0 Å². The smallest absolute Gasteiger partial charge is 0.166 e. The first kappa shape index (κ1) is 13.4. The molecular formula is C16H18O3. The molecule has 1 atom stereocenters. The van der Waals surface area contributed by atoms with Gasteiger partial charge in [-0.2, -0.15) is 0 Å². The van der Waals surface area contributed by atoms with Crippen molar-refractivity contribution in [3.05, 3.63) is 59.7 Å². The first-order chi connectivity index (χ1) is 9.31. The lowest BCUT2D eigenvalue weighted by Gasteiger charge is -2.20. The van der Waals surface area contributed by atoms with Crippen LogP contribution in [0, 0.1) is 0 Å². The minimum absolute atomic E-state index is 0.175. The van der Waals surface area contributed by atoms with E-state index < -0.39 is 0 Å². The molecule has 0 aromatic heterocycles. The molecule has 0 radical (unpaired) electrons. The van der Waals surface area contributed by atoms with Gasteiger partial charge in [0.15, 0.2) is 11.5 Å². The van der Waals surface area contributed by atoms with Crippen LogP contribution in [0.15, 0.2) is 48.5 Å². The SMILES string of the molecule is COc1cccc(C(OC)c2ccccc2)c1OC. The van der Waals surface area contributed by atoms with Gasteiger partial charge in [0.2, 0.25) is 0 Å². The molecule has 3 heteroatoms. The van der Waals surface area contributed by atoms with Crippen molar-refractivity contribution in [3.8, 4) is 11.5 Å². The van der Waals surface area contributed by atoms with Gasteiger partial charge in [0, 0.05) is 12.7 Å². The monoisotopic (exact) mass is 258 g/mol. The maximum Gasteiger partial charge on any atom is 0.166 e. The molecule has 2 aromatic rings. The van der Waals surface area contributed by atoms with Crippen molar-refractivity contribution < 1.29 is 14.2 Å². The van der Waals surface area contributed by atoms with Crippen LogP contribution in [-0.4, -0.2) is 21.3 Å². The predicted octanol–water partition coefficient (Wildman–Crippen LogP) is 3.44. The molecule has 0 heterocycles. The minimum atomic E-state index is -0.175. The molecule has 0 amide bonds. The second-order valence-electron chi connectivity index (χ2n) is 4.11. The van der Waals surface area contributed by atoms with Crippen molar-refractivity contribution in [2.45, 2.75) is 6.10 Å². The summed E-state index contributed by atoms with van der Waals surface area (Å²) >= 11 is 0. The molecule has 0 aliphatic heterocycles. The number of rotatable bonds is 5. The van der Waals surface area contributed by atoms with Gasteiger partial charge in [-0.1, -0.05) is 42.5 Å². The van der Waals surface area contributed by atoms with E-state index in [4.69, 9.17) is 14.2 Å². The number of para-hydroxylation sites is 1. The van der Waals surface area contributed by atoms with Crippen LogP contribution in [-0.2, 0) is 4.74 Å². The third kappa shape index (κ3) is 2.71. The molecule has 0 aliphatic carbocycles. The van der Waals surface area contributed by atoms with Crippen LogP contribution >= 0.6 is 0 Å². The minimum Gasteiger partial charge on any atom is -0.493 e. The fraction of sp³-hybridized carbons (Fsp3) is 0.250. The number of ether oxygens (including phenoxy) is 3. The van der Waals surface area contributed by atoms with Crippen molar-refractivity contribution >= 4 is 0 Å². The van der Waals surface area contributed by atoms with Crippen LogP contribution in [0.1, 0.15) is 17.2 Å². The maximum atomic E-state index is 5.63. The molecule has 2 rings (SSSR count). The van der Waals surface area contributed by atoms with Crippen molar-refractivity contribution in [1.29, 1.82) is 0 Å². The molecule has 3 nitrogen and oxygen atoms in total. The highest BCUT2D eigenvalue weighted by Crippen LogP contribution is 2.38. The molecule has 0 aliphatic rings. The number of methoxy groups -OCH3 is 3. The Morgan fingerprint density at radius 2 is 1.53 bits per heavy atom. The van der Waals surface area contributed by atoms with Crippen molar-refractivity contribution in [1.82, 2.24) is 0 Å². The lowest BCUT2D eigenvalue weighted by molar-refractivity contribution is 0.133. The summed E-state index contributed by atoms with van der Waals surface area (Å²) in [5, 5.41) is 0. The summed E-state index contributed by atoms with van der Waals surface area (Å²) in [5.74, 6) is 1.42. The summed E-state index contributed by atoms with van der Waals surface area (Å²) in [6.45, 7) is 0. The Morgan fingerprint density at radius 3 is 2.11 bits per heavy atom. The van der Waals surface area contributed by atoms with Gasteiger partial charge in [-0.15, -0.1) is 0 Å². The molecule has 0 fully saturated rings. The van der Waals surface area contributed by atoms with E-state index in [1.807, 2.05) is 48.5 Å². The Bertz CT molecular complexity index is 523. The quantitative estimate of drug-likeness (QED) is 0.822. The van der Waals surface area contributed by atoms with Gasteiger partial charge in [0.1, 0.15) is 6.10 Å². The number of hydrogen-bond donors (Lipinski definition) is 0. The summed E-state index contributed by atoms with van der Waals surface area (Å²) < 4.78 is 16.4. The predicted molar refractivity (Wildman–Crippen MR) is 74.8 cm³/mol. The van der Waals surface area contributed by atoms with Crippen LogP contribution in [0.5, 0.6) is 11.5 Å². The Labute approximate surface area is 113 Å². The van der Waals surface area contributed by atoms with E-state index >= 15 is 0 Å². The first-order valence-corrected chi connectivity index (χ1v) is 6.10. The lowest BCUT2D eigenvalue weighted by atomic mass is 10.00. The van der Waals surface area contributed by atoms with Gasteiger partial charge in [-0.3, -0.25) is 0 Å². The topological polar surface area (TPSA) is 27.7 Å². The molecule has 0 bridgehead atoms. The van der Waals surface area contributed by atoms with Crippen molar-refractivity contribution in [2.75, 3.05) is 21.3 Å². The lowest BCUT2D eigenvalue weighted by Crippen LogP contribution is -2.06. The Balaban J connectivity index is 2.50. The first-order valence-electron chi connectivity index (χ1n) is 6.10. The normalized spacial score (nSPS) is 11.9. The Hall–Kier alpha value is -2.00. The highest BCUT2D eigenvalue weighted by Gasteiger charge is 2.20. The van der Waals surface area contributed by atoms with Crippen LogP contribution in [0.4, 0.5) is 0 Å². The van der Waals surface area contributed by atoms with Crippen LogP contribution in [0.25, 0.3) is 0 Å². The molecule has 1 unspecified atom stereocenters. The summed E-state index contributed by atoms with van der Waals surface area (Å²) in [7, 11) is 4.96. The van der Waals surface area contributed by atoms with E-state index in [1.165, 1.54) is 0 Å². The zero-order valence-corrected chi connectivity index (χ0v) is 11.4. The van der Waals surface area contributed by atoms with E-state index in [0.717, 1.165) is 11.1 Å². The highest BCUT2D eigenvalue weighted by molar-refractivity contribution is 5.50. The molecule has 100 valence electrons. The van der Waals surface area contributed by atoms with Gasteiger partial charge < -0.3 is 14.2 Å². The standard InChI is InChI=1S/C16H18O3/c1-17-14-11-7-10-13(16(14)19-3)15(18-2)12-8-5-4-6-9-12/h4-11,15H,1-3H3. The fourth-order valence-electron chi connectivity index (χ4n) is 2.19. The molecule has 0 N–H and O–H groups in total. The van der Waals surface area contributed by atoms with Crippen molar-refractivity contribution in [2.24, 2.45) is 0 Å². The van der Waals surface area contributed by atoms with E-state index in [9.17, 15) is 0 Å². The van der Waals surface area contributed by atoms with Crippen LogP contribution < -0.4 is 9.47 Å². The van der Waals surface area contributed by atoms with Crippen LogP contribution in [0.2, 0.25) is 0 Å². The van der Waals surface area contributed by atoms with Gasteiger partial charge in [0.05, 0.1) is 14.2 Å². The highest BCUT2D eigenvalue weighted by atomic mass is 16.5. The average molecular weight is 258 g/mol. The molecular weight excluding hydrogens is 240 g/mol. The molecule has 0 spiro atoms. The molecule has 19 heavy (non-hydrogen) atoms. The summed E-state index contributed by atoms with van der Waals surface area (Å²) in [4.78, 5) is 0. The Kier molecular flexibility index (Phi) is 4.42. The summed E-state index contributed by atoms with van der Waals surface area (Å²) in [6, 6.07) is 15.8. The maximum absolute atomic E-state index is 5.63. The second kappa shape index (κ2) is 6.25. The number of benzene rings is 2.